The molecular formula is C12H18N2. The fraction of sp³-hybridized carbons (Fsp3) is 0.750. The van der Waals surface area contributed by atoms with Crippen LogP contribution in [-0.2, 0) is 0 Å². The molecule has 1 saturated heterocycles. The topological polar surface area (TPSA) is 27.0 Å². The van der Waals surface area contributed by atoms with E-state index >= 15 is 0 Å². The SMILES string of the molecule is C=C(C)N1C2CCCC[C@@H]2C[C@H]1C#N. The van der Waals surface area contributed by atoms with Crippen molar-refractivity contribution in [3.05, 3.63) is 12.3 Å². The van der Waals surface area contributed by atoms with E-state index in [4.69, 9.17) is 5.26 Å². The van der Waals surface area contributed by atoms with Crippen LogP contribution in [0.15, 0.2) is 12.3 Å². The summed E-state index contributed by atoms with van der Waals surface area (Å²) >= 11 is 0. The second-order valence-corrected chi connectivity index (χ2v) is 4.64. The Kier molecular flexibility index (Phi) is 2.50. The van der Waals surface area contributed by atoms with Crippen LogP contribution in [0, 0.1) is 17.2 Å². The molecule has 1 aliphatic carbocycles. The Morgan fingerprint density at radius 3 is 2.79 bits per heavy atom. The number of hydrogen-bond acceptors (Lipinski definition) is 2. The lowest BCUT2D eigenvalue weighted by molar-refractivity contribution is 0.209. The molecule has 2 aliphatic rings. The molecule has 0 bridgehead atoms. The molecule has 3 atom stereocenters. The maximum atomic E-state index is 9.10. The van der Waals surface area contributed by atoms with E-state index in [1.54, 1.807) is 0 Å². The van der Waals surface area contributed by atoms with Gasteiger partial charge in [0.1, 0.15) is 6.04 Å². The van der Waals surface area contributed by atoms with Crippen molar-refractivity contribution in [1.29, 1.82) is 5.26 Å². The summed E-state index contributed by atoms with van der Waals surface area (Å²) in [6.45, 7) is 6.03. The van der Waals surface area contributed by atoms with Crippen molar-refractivity contribution >= 4 is 0 Å². The van der Waals surface area contributed by atoms with Gasteiger partial charge < -0.3 is 4.90 Å². The molecule has 2 fully saturated rings. The molecule has 1 unspecified atom stereocenters. The molecule has 1 heterocycles. The smallest absolute Gasteiger partial charge is 0.117 e. The maximum Gasteiger partial charge on any atom is 0.117 e. The molecule has 0 N–H and O–H groups in total. The van der Waals surface area contributed by atoms with E-state index in [0.29, 0.717) is 6.04 Å². The fourth-order valence-electron chi connectivity index (χ4n) is 3.12. The lowest BCUT2D eigenvalue weighted by Gasteiger charge is -2.34. The second-order valence-electron chi connectivity index (χ2n) is 4.64. The van der Waals surface area contributed by atoms with Gasteiger partial charge in [0.05, 0.1) is 6.07 Å². The molecule has 2 nitrogen and oxygen atoms in total. The molecule has 0 spiro atoms. The Labute approximate surface area is 86.2 Å². The van der Waals surface area contributed by atoms with Gasteiger partial charge in [-0.1, -0.05) is 19.4 Å². The molecule has 0 amide bonds. The van der Waals surface area contributed by atoms with Gasteiger partial charge in [-0.3, -0.25) is 0 Å². The number of rotatable bonds is 1. The Bertz CT molecular complexity index is 277. The summed E-state index contributed by atoms with van der Waals surface area (Å²) in [5, 5.41) is 9.10. The van der Waals surface area contributed by atoms with Crippen LogP contribution in [-0.4, -0.2) is 17.0 Å². The molecule has 0 radical (unpaired) electrons. The van der Waals surface area contributed by atoms with Gasteiger partial charge in [-0.2, -0.15) is 5.26 Å². The molecule has 2 rings (SSSR count). The highest BCUT2D eigenvalue weighted by atomic mass is 15.2. The molecule has 0 aromatic heterocycles. The van der Waals surface area contributed by atoms with Gasteiger partial charge in [0.2, 0.25) is 0 Å². The summed E-state index contributed by atoms with van der Waals surface area (Å²) in [6.07, 6.45) is 6.31. The standard InChI is InChI=1S/C12H18N2/c1-9(2)14-11(8-13)7-10-5-3-4-6-12(10)14/h10-12H,1,3-7H2,2H3/t10-,11+,12?/m1/s1. The van der Waals surface area contributed by atoms with Crippen molar-refractivity contribution in [2.45, 2.75) is 51.1 Å². The van der Waals surface area contributed by atoms with Crippen LogP contribution < -0.4 is 0 Å². The Hall–Kier alpha value is -0.970. The first-order chi connectivity index (χ1) is 6.74. The Morgan fingerprint density at radius 2 is 2.14 bits per heavy atom. The highest BCUT2D eigenvalue weighted by molar-refractivity contribution is 5.11. The first-order valence-electron chi connectivity index (χ1n) is 5.57. The molecule has 1 saturated carbocycles. The van der Waals surface area contributed by atoms with Crippen molar-refractivity contribution in [2.75, 3.05) is 0 Å². The van der Waals surface area contributed by atoms with Crippen molar-refractivity contribution in [3.8, 4) is 6.07 Å². The predicted molar refractivity (Wildman–Crippen MR) is 56.4 cm³/mol. The van der Waals surface area contributed by atoms with Crippen LogP contribution in [0.3, 0.4) is 0 Å². The summed E-state index contributed by atoms with van der Waals surface area (Å²) in [5.41, 5.74) is 1.07. The number of allylic oxidation sites excluding steroid dienone is 1. The molecule has 1 aliphatic heterocycles. The highest BCUT2D eigenvalue weighted by Gasteiger charge is 2.41. The van der Waals surface area contributed by atoms with Gasteiger partial charge in [-0.05, 0) is 32.1 Å². The maximum absolute atomic E-state index is 9.10. The Morgan fingerprint density at radius 1 is 1.43 bits per heavy atom. The summed E-state index contributed by atoms with van der Waals surface area (Å²) in [6, 6.07) is 3.13. The van der Waals surface area contributed by atoms with Gasteiger partial charge in [0.15, 0.2) is 0 Å². The zero-order chi connectivity index (χ0) is 10.1. The summed E-state index contributed by atoms with van der Waals surface area (Å²) in [4.78, 5) is 2.27. The van der Waals surface area contributed by atoms with E-state index in [2.05, 4.69) is 17.5 Å². The summed E-state index contributed by atoms with van der Waals surface area (Å²) < 4.78 is 0. The van der Waals surface area contributed by atoms with Gasteiger partial charge in [-0.15, -0.1) is 0 Å². The lowest BCUT2D eigenvalue weighted by Crippen LogP contribution is -2.36. The van der Waals surface area contributed by atoms with E-state index in [9.17, 15) is 0 Å². The van der Waals surface area contributed by atoms with E-state index in [-0.39, 0.29) is 6.04 Å². The van der Waals surface area contributed by atoms with E-state index in [1.807, 2.05) is 6.92 Å². The van der Waals surface area contributed by atoms with Gasteiger partial charge in [0.25, 0.3) is 0 Å². The van der Waals surface area contributed by atoms with E-state index in [0.717, 1.165) is 18.0 Å². The van der Waals surface area contributed by atoms with Gasteiger partial charge in [-0.25, -0.2) is 0 Å². The third-order valence-electron chi connectivity index (χ3n) is 3.68. The average molecular weight is 190 g/mol. The first-order valence-corrected chi connectivity index (χ1v) is 5.57. The third kappa shape index (κ3) is 1.41. The number of likely N-dealkylation sites (tertiary alicyclic amines) is 1. The highest BCUT2D eigenvalue weighted by Crippen LogP contribution is 2.40. The van der Waals surface area contributed by atoms with Crippen molar-refractivity contribution in [2.24, 2.45) is 5.92 Å². The molecule has 0 aromatic rings. The van der Waals surface area contributed by atoms with E-state index < -0.39 is 0 Å². The zero-order valence-corrected chi connectivity index (χ0v) is 8.87. The molecule has 2 heteroatoms. The number of fused-ring (bicyclic) bond motifs is 1. The van der Waals surface area contributed by atoms with Crippen LogP contribution in [0.25, 0.3) is 0 Å². The van der Waals surface area contributed by atoms with Crippen LogP contribution in [0.4, 0.5) is 0 Å². The zero-order valence-electron chi connectivity index (χ0n) is 8.87. The second kappa shape index (κ2) is 3.65. The van der Waals surface area contributed by atoms with Crippen LogP contribution >= 0.6 is 0 Å². The van der Waals surface area contributed by atoms with Crippen LogP contribution in [0.5, 0.6) is 0 Å². The van der Waals surface area contributed by atoms with Crippen molar-refractivity contribution in [1.82, 2.24) is 4.90 Å². The molecule has 14 heavy (non-hydrogen) atoms. The summed E-state index contributed by atoms with van der Waals surface area (Å²) in [7, 11) is 0. The van der Waals surface area contributed by atoms with Crippen LogP contribution in [0.1, 0.15) is 39.0 Å². The molecule has 76 valence electrons. The summed E-state index contributed by atoms with van der Waals surface area (Å²) in [5.74, 6) is 0.755. The van der Waals surface area contributed by atoms with Crippen molar-refractivity contribution in [3.63, 3.8) is 0 Å². The monoisotopic (exact) mass is 190 g/mol. The van der Waals surface area contributed by atoms with E-state index in [1.165, 1.54) is 25.7 Å². The minimum atomic E-state index is 0.0978. The number of nitrogens with zero attached hydrogens (tertiary/aromatic N) is 2. The van der Waals surface area contributed by atoms with Gasteiger partial charge >= 0.3 is 0 Å². The van der Waals surface area contributed by atoms with Crippen molar-refractivity contribution < 1.29 is 0 Å². The number of hydrogen-bond donors (Lipinski definition) is 0. The number of nitriles is 1. The Balaban J connectivity index is 2.19. The lowest BCUT2D eigenvalue weighted by atomic mass is 9.85. The minimum absolute atomic E-state index is 0.0978. The minimum Gasteiger partial charge on any atom is -0.357 e. The normalized spacial score (nSPS) is 36.3. The largest absolute Gasteiger partial charge is 0.357 e. The van der Waals surface area contributed by atoms with Crippen LogP contribution in [0.2, 0.25) is 0 Å². The quantitative estimate of drug-likeness (QED) is 0.635. The predicted octanol–water partition coefficient (Wildman–Crippen LogP) is 2.68. The molecule has 0 aromatic carbocycles. The van der Waals surface area contributed by atoms with Gasteiger partial charge in [0, 0.05) is 11.7 Å². The first kappa shape index (κ1) is 9.58. The third-order valence-corrected chi connectivity index (χ3v) is 3.68. The molecular weight excluding hydrogens is 172 g/mol. The average Bonchev–Trinajstić information content (AvgIpc) is 2.55. The fourth-order valence-corrected chi connectivity index (χ4v) is 3.12.